The van der Waals surface area contributed by atoms with Gasteiger partial charge in [-0.1, -0.05) is 13.0 Å². The van der Waals surface area contributed by atoms with Crippen LogP contribution in [0.25, 0.3) is 0 Å². The molecule has 21 heavy (non-hydrogen) atoms. The molecule has 0 saturated heterocycles. The fourth-order valence-corrected chi connectivity index (χ4v) is 3.43. The lowest BCUT2D eigenvalue weighted by Gasteiger charge is -2.23. The fraction of sp³-hybridized carbons (Fsp3) is 0.267. The van der Waals surface area contributed by atoms with Gasteiger partial charge in [0.05, 0.1) is 3.79 Å². The van der Waals surface area contributed by atoms with Crippen LogP contribution in [0.3, 0.4) is 0 Å². The van der Waals surface area contributed by atoms with Crippen molar-refractivity contribution in [2.75, 3.05) is 0 Å². The number of halogens is 2. The quantitative estimate of drug-likeness (QED) is 0.851. The van der Waals surface area contributed by atoms with Crippen molar-refractivity contribution >= 4 is 27.3 Å². The number of nitrogens with zero attached hydrogens (tertiary/aromatic N) is 1. The Morgan fingerprint density at radius 3 is 2.76 bits per heavy atom. The molecule has 0 spiro atoms. The molecule has 0 amide bonds. The van der Waals surface area contributed by atoms with Crippen molar-refractivity contribution < 1.29 is 9.13 Å². The van der Waals surface area contributed by atoms with Crippen molar-refractivity contribution in [3.63, 3.8) is 0 Å². The van der Waals surface area contributed by atoms with E-state index in [0.717, 1.165) is 8.66 Å². The van der Waals surface area contributed by atoms with E-state index in [0.29, 0.717) is 6.42 Å². The Kier molecular flexibility index (Phi) is 5.34. The van der Waals surface area contributed by atoms with Crippen LogP contribution in [0.5, 0.6) is 5.75 Å². The second-order valence-corrected chi connectivity index (χ2v) is 6.97. The summed E-state index contributed by atoms with van der Waals surface area (Å²) in [6, 6.07) is 9.76. The molecule has 110 valence electrons. The van der Waals surface area contributed by atoms with Gasteiger partial charge in [0.15, 0.2) is 0 Å². The van der Waals surface area contributed by atoms with Crippen LogP contribution in [0.15, 0.2) is 34.1 Å². The van der Waals surface area contributed by atoms with Crippen molar-refractivity contribution in [1.82, 2.24) is 0 Å². The number of benzene rings is 1. The molecule has 0 bridgehead atoms. The van der Waals surface area contributed by atoms with E-state index in [2.05, 4.69) is 15.9 Å². The zero-order chi connectivity index (χ0) is 15.4. The maximum atomic E-state index is 13.7. The standard InChI is InChI=1S/C15H14BrFN2OS/c1-2-11(19)15(13-6-7-14(16)21-13)20-12-5-3-4-10(17)9(12)8-18/h3-7,11,15H,2,19H2,1H3. The van der Waals surface area contributed by atoms with Gasteiger partial charge in [0, 0.05) is 10.9 Å². The molecular formula is C15H14BrFN2OS. The van der Waals surface area contributed by atoms with Gasteiger partial charge in [0.2, 0.25) is 0 Å². The Hall–Kier alpha value is -1.42. The summed E-state index contributed by atoms with van der Waals surface area (Å²) in [5, 5.41) is 9.08. The molecule has 2 unspecified atom stereocenters. The predicted octanol–water partition coefficient (Wildman–Crippen LogP) is 4.38. The lowest BCUT2D eigenvalue weighted by Crippen LogP contribution is -2.31. The Morgan fingerprint density at radius 2 is 2.19 bits per heavy atom. The van der Waals surface area contributed by atoms with Crippen molar-refractivity contribution in [1.29, 1.82) is 5.26 Å². The smallest absolute Gasteiger partial charge is 0.148 e. The summed E-state index contributed by atoms with van der Waals surface area (Å²) in [6.45, 7) is 1.96. The number of rotatable bonds is 5. The second-order valence-electron chi connectivity index (χ2n) is 4.48. The zero-order valence-corrected chi connectivity index (χ0v) is 13.7. The average molecular weight is 369 g/mol. The van der Waals surface area contributed by atoms with Gasteiger partial charge < -0.3 is 10.5 Å². The number of nitriles is 1. The molecule has 1 heterocycles. The maximum Gasteiger partial charge on any atom is 0.148 e. The number of hydrogen-bond donors (Lipinski definition) is 1. The molecule has 2 atom stereocenters. The fourth-order valence-electron chi connectivity index (χ4n) is 1.90. The van der Waals surface area contributed by atoms with E-state index >= 15 is 0 Å². The van der Waals surface area contributed by atoms with E-state index in [1.165, 1.54) is 23.5 Å². The van der Waals surface area contributed by atoms with E-state index in [4.69, 9.17) is 15.7 Å². The minimum absolute atomic E-state index is 0.0959. The van der Waals surface area contributed by atoms with E-state index in [1.807, 2.05) is 25.1 Å². The van der Waals surface area contributed by atoms with Gasteiger partial charge in [0.1, 0.15) is 29.3 Å². The Bertz CT molecular complexity index is 668. The van der Waals surface area contributed by atoms with Gasteiger partial charge in [0.25, 0.3) is 0 Å². The maximum absolute atomic E-state index is 13.7. The van der Waals surface area contributed by atoms with Gasteiger partial charge in [-0.15, -0.1) is 11.3 Å². The van der Waals surface area contributed by atoms with Crippen LogP contribution in [-0.4, -0.2) is 6.04 Å². The highest BCUT2D eigenvalue weighted by molar-refractivity contribution is 9.11. The second kappa shape index (κ2) is 7.03. The number of thiophene rings is 1. The first kappa shape index (κ1) is 16.0. The zero-order valence-electron chi connectivity index (χ0n) is 11.3. The van der Waals surface area contributed by atoms with Gasteiger partial charge >= 0.3 is 0 Å². The third-order valence-electron chi connectivity index (χ3n) is 3.08. The van der Waals surface area contributed by atoms with Crippen molar-refractivity contribution in [2.24, 2.45) is 5.73 Å². The van der Waals surface area contributed by atoms with Crippen LogP contribution < -0.4 is 10.5 Å². The predicted molar refractivity (Wildman–Crippen MR) is 84.8 cm³/mol. The minimum atomic E-state index is -0.591. The molecule has 0 aliphatic carbocycles. The Labute approximate surface area is 135 Å². The molecule has 0 saturated carbocycles. The molecule has 1 aromatic carbocycles. The van der Waals surface area contributed by atoms with Gasteiger partial charge in [-0.2, -0.15) is 5.26 Å². The molecule has 1 aromatic heterocycles. The molecule has 0 aliphatic heterocycles. The summed E-state index contributed by atoms with van der Waals surface area (Å²) < 4.78 is 20.5. The minimum Gasteiger partial charge on any atom is -0.482 e. The number of ether oxygens (including phenoxy) is 1. The first-order chi connectivity index (χ1) is 10.1. The molecule has 3 nitrogen and oxygen atoms in total. The summed E-state index contributed by atoms with van der Waals surface area (Å²) in [7, 11) is 0. The van der Waals surface area contributed by atoms with Gasteiger partial charge in [-0.05, 0) is 46.6 Å². The summed E-state index contributed by atoms with van der Waals surface area (Å²) >= 11 is 4.92. The number of nitrogens with two attached hydrogens (primary N) is 1. The summed E-state index contributed by atoms with van der Waals surface area (Å²) in [5.74, 6) is -0.373. The Morgan fingerprint density at radius 1 is 1.43 bits per heavy atom. The van der Waals surface area contributed by atoms with Crippen molar-refractivity contribution in [3.8, 4) is 11.8 Å². The normalized spacial score (nSPS) is 13.5. The van der Waals surface area contributed by atoms with Gasteiger partial charge in [-0.3, -0.25) is 0 Å². The van der Waals surface area contributed by atoms with Crippen molar-refractivity contribution in [3.05, 3.63) is 50.4 Å². The highest BCUT2D eigenvalue weighted by Gasteiger charge is 2.24. The molecule has 0 radical (unpaired) electrons. The van der Waals surface area contributed by atoms with Crippen LogP contribution in [-0.2, 0) is 0 Å². The summed E-state index contributed by atoms with van der Waals surface area (Å²) in [6.07, 6.45) is 0.289. The highest BCUT2D eigenvalue weighted by Crippen LogP contribution is 2.34. The topological polar surface area (TPSA) is 59.0 Å². The van der Waals surface area contributed by atoms with E-state index in [1.54, 1.807) is 6.07 Å². The SMILES string of the molecule is CCC(N)C(Oc1cccc(F)c1C#N)c1ccc(Br)s1. The molecule has 2 aromatic rings. The molecule has 2 rings (SSSR count). The number of hydrogen-bond acceptors (Lipinski definition) is 4. The molecule has 0 fully saturated rings. The first-order valence-electron chi connectivity index (χ1n) is 6.43. The van der Waals surface area contributed by atoms with Crippen LogP contribution in [0, 0.1) is 17.1 Å². The monoisotopic (exact) mass is 368 g/mol. The van der Waals surface area contributed by atoms with Crippen molar-refractivity contribution in [2.45, 2.75) is 25.5 Å². The highest BCUT2D eigenvalue weighted by atomic mass is 79.9. The van der Waals surface area contributed by atoms with E-state index < -0.39 is 11.9 Å². The largest absolute Gasteiger partial charge is 0.482 e. The van der Waals surface area contributed by atoms with Crippen LogP contribution >= 0.6 is 27.3 Å². The molecule has 6 heteroatoms. The average Bonchev–Trinajstić information content (AvgIpc) is 2.90. The summed E-state index contributed by atoms with van der Waals surface area (Å²) in [5.41, 5.74) is 6.03. The van der Waals surface area contributed by atoms with E-state index in [9.17, 15) is 4.39 Å². The molecular weight excluding hydrogens is 355 g/mol. The lowest BCUT2D eigenvalue weighted by molar-refractivity contribution is 0.173. The first-order valence-corrected chi connectivity index (χ1v) is 8.03. The third kappa shape index (κ3) is 3.62. The van der Waals surface area contributed by atoms with Gasteiger partial charge in [-0.25, -0.2) is 4.39 Å². The lowest BCUT2D eigenvalue weighted by atomic mass is 10.1. The molecule has 0 aliphatic rings. The summed E-state index contributed by atoms with van der Waals surface area (Å²) in [4.78, 5) is 0.935. The third-order valence-corrected chi connectivity index (χ3v) is 4.76. The van der Waals surface area contributed by atoms with Crippen LogP contribution in [0.1, 0.15) is 29.9 Å². The van der Waals surface area contributed by atoms with Crippen LogP contribution in [0.2, 0.25) is 0 Å². The van der Waals surface area contributed by atoms with Crippen LogP contribution in [0.4, 0.5) is 4.39 Å². The molecule has 2 N–H and O–H groups in total. The van der Waals surface area contributed by atoms with E-state index in [-0.39, 0.29) is 17.4 Å². The Balaban J connectivity index is 2.37.